The second-order valence-electron chi connectivity index (χ2n) is 2.59. The molecule has 1 heterocycles. The topological polar surface area (TPSA) is 90.2 Å². The van der Waals surface area contributed by atoms with Gasteiger partial charge in [-0.15, -0.1) is 0 Å². The molecule has 4 N–H and O–H groups in total. The molecule has 0 amide bonds. The van der Waals surface area contributed by atoms with Crippen LogP contribution in [0.3, 0.4) is 0 Å². The summed E-state index contributed by atoms with van der Waals surface area (Å²) in [4.78, 5) is 0. The van der Waals surface area contributed by atoms with Crippen molar-refractivity contribution < 1.29 is 26.5 Å². The van der Waals surface area contributed by atoms with Crippen molar-refractivity contribution in [1.82, 2.24) is 0 Å². The molecule has 1 fully saturated rings. The average Bonchev–Trinajstić information content (AvgIpc) is 1.97. The molecule has 5 heteroatoms. The summed E-state index contributed by atoms with van der Waals surface area (Å²) in [5.41, 5.74) is 0. The van der Waals surface area contributed by atoms with Crippen molar-refractivity contribution in [2.24, 2.45) is 0 Å². The van der Waals surface area contributed by atoms with Gasteiger partial charge in [-0.05, 0) is 6.92 Å². The summed E-state index contributed by atoms with van der Waals surface area (Å²) in [6, 6.07) is 0. The Hall–Kier alpha value is -0.200. The number of hydrogen-bond donors (Lipinski definition) is 4. The molecule has 66 valence electrons. The molecule has 0 radical (unpaired) electrons. The molecule has 11 heavy (non-hydrogen) atoms. The molecule has 0 aromatic heterocycles. The van der Waals surface area contributed by atoms with E-state index in [2.05, 4.69) is 4.74 Å². The fraction of sp³-hybridized carbons (Fsp3) is 1.00. The molecular weight excluding hydrogens is 152 g/mol. The summed E-state index contributed by atoms with van der Waals surface area (Å²) < 4.78 is 11.5. The molecule has 0 aromatic carbocycles. The highest BCUT2D eigenvalue weighted by Crippen LogP contribution is 2.18. The van der Waals surface area contributed by atoms with Crippen molar-refractivity contribution in [3.05, 3.63) is 0 Å². The van der Waals surface area contributed by atoms with Crippen LogP contribution < -0.4 is 0 Å². The average molecular weight is 165 g/mol. The molecule has 0 saturated carbocycles. The minimum Gasteiger partial charge on any atom is -0.388 e. The highest BCUT2D eigenvalue weighted by atomic mass is 16.6. The molecule has 1 aliphatic heterocycles. The molecule has 0 aliphatic carbocycles. The standard InChI is InChI=1S/C6H12O5/c1-2-3(7)4(8)5(9)6(10)11-2/h2-10H,1H3/t2-,3+,4+,5-,6-/m1/s1/i6D. The Bertz CT molecular complexity index is 173. The minimum absolute atomic E-state index is 0.883. The summed E-state index contributed by atoms with van der Waals surface area (Å²) in [5, 5.41) is 36.3. The lowest BCUT2D eigenvalue weighted by molar-refractivity contribution is -0.277. The lowest BCUT2D eigenvalue weighted by Crippen LogP contribution is -2.56. The summed E-state index contributed by atoms with van der Waals surface area (Å²) in [5.74, 6) is 0. The Labute approximate surface area is 65.3 Å². The molecule has 1 rings (SSSR count). The molecule has 1 aliphatic rings. The van der Waals surface area contributed by atoms with Gasteiger partial charge in [0.25, 0.3) is 0 Å². The first-order chi connectivity index (χ1) is 5.36. The number of hydrogen-bond acceptors (Lipinski definition) is 5. The third-order valence-electron chi connectivity index (χ3n) is 1.71. The maximum absolute atomic E-state index is 9.12. The zero-order valence-electron chi connectivity index (χ0n) is 7.01. The fourth-order valence-corrected chi connectivity index (χ4v) is 0.940. The predicted molar refractivity (Wildman–Crippen MR) is 34.6 cm³/mol. The van der Waals surface area contributed by atoms with Gasteiger partial charge in [0.05, 0.1) is 7.47 Å². The zero-order valence-corrected chi connectivity index (χ0v) is 6.01. The van der Waals surface area contributed by atoms with Gasteiger partial charge < -0.3 is 25.2 Å². The first-order valence-electron chi connectivity index (χ1n) is 3.80. The van der Waals surface area contributed by atoms with Crippen molar-refractivity contribution in [1.29, 1.82) is 0 Å². The zero-order chi connectivity index (χ0) is 9.52. The van der Waals surface area contributed by atoms with Crippen LogP contribution >= 0.6 is 0 Å². The van der Waals surface area contributed by atoms with Crippen LogP contribution in [-0.4, -0.2) is 51.1 Å². The molecule has 0 aromatic rings. The van der Waals surface area contributed by atoms with E-state index in [-0.39, 0.29) is 0 Å². The van der Waals surface area contributed by atoms with Crippen molar-refractivity contribution in [2.75, 3.05) is 0 Å². The van der Waals surface area contributed by atoms with E-state index in [0.29, 0.717) is 0 Å². The maximum atomic E-state index is 9.12. The molecule has 5 nitrogen and oxygen atoms in total. The van der Waals surface area contributed by atoms with Crippen LogP contribution in [0.5, 0.6) is 0 Å². The normalized spacial score (nSPS) is 60.6. The molecule has 0 spiro atoms. The van der Waals surface area contributed by atoms with Crippen LogP contribution in [0.2, 0.25) is 0 Å². The Balaban J connectivity index is 2.78. The van der Waals surface area contributed by atoms with Crippen LogP contribution in [0.1, 0.15) is 8.29 Å². The monoisotopic (exact) mass is 165 g/mol. The molecular formula is C6H12O5. The van der Waals surface area contributed by atoms with Gasteiger partial charge in [0, 0.05) is 0 Å². The third kappa shape index (κ3) is 1.52. The second-order valence-corrected chi connectivity index (χ2v) is 2.59. The van der Waals surface area contributed by atoms with Gasteiger partial charge in [-0.25, -0.2) is 0 Å². The van der Waals surface area contributed by atoms with E-state index < -0.39 is 30.7 Å². The van der Waals surface area contributed by atoms with Crippen LogP contribution in [0.25, 0.3) is 0 Å². The highest BCUT2D eigenvalue weighted by Gasteiger charge is 2.40. The van der Waals surface area contributed by atoms with E-state index >= 15 is 0 Å². The van der Waals surface area contributed by atoms with Crippen LogP contribution in [-0.2, 0) is 4.74 Å². The van der Waals surface area contributed by atoms with E-state index in [9.17, 15) is 0 Å². The summed E-state index contributed by atoms with van der Waals surface area (Å²) in [7, 11) is 0. The maximum Gasteiger partial charge on any atom is 0.183 e. The molecule has 5 atom stereocenters. The van der Waals surface area contributed by atoms with Gasteiger partial charge in [-0.1, -0.05) is 0 Å². The summed E-state index contributed by atoms with van der Waals surface area (Å²) >= 11 is 0. The van der Waals surface area contributed by atoms with Crippen LogP contribution in [0.4, 0.5) is 0 Å². The van der Waals surface area contributed by atoms with Crippen LogP contribution in [0.15, 0.2) is 0 Å². The largest absolute Gasteiger partial charge is 0.388 e. The summed E-state index contributed by atoms with van der Waals surface area (Å²) in [6.45, 7) is 1.39. The Morgan fingerprint density at radius 2 is 1.64 bits per heavy atom. The number of aliphatic hydroxyl groups excluding tert-OH is 3. The van der Waals surface area contributed by atoms with Gasteiger partial charge in [0.1, 0.15) is 18.3 Å². The highest BCUT2D eigenvalue weighted by molar-refractivity contribution is 4.86. The lowest BCUT2D eigenvalue weighted by Gasteiger charge is -2.36. The van der Waals surface area contributed by atoms with Gasteiger partial charge in [0.15, 0.2) is 6.27 Å². The van der Waals surface area contributed by atoms with E-state index in [1.54, 1.807) is 0 Å². The van der Waals surface area contributed by atoms with E-state index in [1.807, 2.05) is 0 Å². The van der Waals surface area contributed by atoms with Crippen molar-refractivity contribution in [3.63, 3.8) is 0 Å². The number of ether oxygens (including phenoxy) is 1. The van der Waals surface area contributed by atoms with Crippen molar-refractivity contribution in [2.45, 2.75) is 37.6 Å². The lowest BCUT2D eigenvalue weighted by atomic mass is 10.0. The minimum atomic E-state index is -2.54. The van der Waals surface area contributed by atoms with Crippen molar-refractivity contribution >= 4 is 0 Å². The Morgan fingerprint density at radius 3 is 2.18 bits per heavy atom. The molecule has 0 bridgehead atoms. The molecule has 0 unspecified atom stereocenters. The molecule has 1 saturated heterocycles. The van der Waals surface area contributed by atoms with Gasteiger partial charge >= 0.3 is 0 Å². The Morgan fingerprint density at radius 1 is 1.09 bits per heavy atom. The second kappa shape index (κ2) is 3.04. The SMILES string of the molecule is [2H][C@@]1(O)O[C@H](C)[C@H](O)[C@H](O)[C@H]1O. The van der Waals surface area contributed by atoms with E-state index in [4.69, 9.17) is 21.8 Å². The summed E-state index contributed by atoms with van der Waals surface area (Å²) in [6.07, 6.45) is -8.09. The first-order valence-corrected chi connectivity index (χ1v) is 3.30. The smallest absolute Gasteiger partial charge is 0.183 e. The van der Waals surface area contributed by atoms with Gasteiger partial charge in [0.2, 0.25) is 0 Å². The number of aliphatic hydroxyl groups is 4. The van der Waals surface area contributed by atoms with Gasteiger partial charge in [-0.2, -0.15) is 0 Å². The quantitative estimate of drug-likeness (QED) is 0.327. The predicted octanol–water partition coefficient (Wildman–Crippen LogP) is -2.19. The fourth-order valence-electron chi connectivity index (χ4n) is 0.940. The third-order valence-corrected chi connectivity index (χ3v) is 1.71. The Kier molecular flexibility index (Phi) is 2.06. The van der Waals surface area contributed by atoms with Crippen molar-refractivity contribution in [3.8, 4) is 0 Å². The van der Waals surface area contributed by atoms with E-state index in [1.165, 1.54) is 6.92 Å². The number of rotatable bonds is 0. The van der Waals surface area contributed by atoms with E-state index in [0.717, 1.165) is 0 Å². The first kappa shape index (κ1) is 7.45. The van der Waals surface area contributed by atoms with Gasteiger partial charge in [-0.3, -0.25) is 0 Å². The van der Waals surface area contributed by atoms with Crippen LogP contribution in [0, 0.1) is 0 Å².